The molecule has 10 nitrogen and oxygen atoms in total. The van der Waals surface area contributed by atoms with Crippen LogP contribution in [-0.4, -0.2) is 59.2 Å². The summed E-state index contributed by atoms with van der Waals surface area (Å²) in [4.78, 5) is 46.4. The van der Waals surface area contributed by atoms with Gasteiger partial charge in [0.15, 0.2) is 0 Å². The van der Waals surface area contributed by atoms with E-state index in [9.17, 15) is 14.4 Å². The van der Waals surface area contributed by atoms with Gasteiger partial charge in [0.05, 0.1) is 13.1 Å². The van der Waals surface area contributed by atoms with Gasteiger partial charge in [0.25, 0.3) is 0 Å². The number of benzene rings is 2. The van der Waals surface area contributed by atoms with E-state index in [2.05, 4.69) is 29.2 Å². The van der Waals surface area contributed by atoms with E-state index in [4.69, 9.17) is 23.9 Å². The summed E-state index contributed by atoms with van der Waals surface area (Å²) in [6.45, 7) is 17.4. The van der Waals surface area contributed by atoms with Crippen molar-refractivity contribution in [3.8, 4) is 0 Å². The Morgan fingerprint density at radius 1 is 1.00 bits per heavy atom. The molecule has 0 fully saturated rings. The van der Waals surface area contributed by atoms with Gasteiger partial charge in [0, 0.05) is 16.4 Å². The fourth-order valence-corrected chi connectivity index (χ4v) is 4.35. The number of rotatable bonds is 8. The van der Waals surface area contributed by atoms with Crippen molar-refractivity contribution < 1.29 is 38.3 Å². The van der Waals surface area contributed by atoms with Gasteiger partial charge in [-0.2, -0.15) is 10.1 Å². The van der Waals surface area contributed by atoms with Crippen molar-refractivity contribution in [2.24, 2.45) is 0 Å². The molecular formula is C34H45IN2O8. The van der Waals surface area contributed by atoms with E-state index in [1.54, 1.807) is 32.9 Å². The zero-order chi connectivity index (χ0) is 33.6. The van der Waals surface area contributed by atoms with Gasteiger partial charge in [-0.05, 0) is 93.0 Å². The van der Waals surface area contributed by atoms with Gasteiger partial charge in [0.2, 0.25) is 0 Å². The predicted molar refractivity (Wildman–Crippen MR) is 180 cm³/mol. The predicted octanol–water partition coefficient (Wildman–Crippen LogP) is 7.72. The summed E-state index contributed by atoms with van der Waals surface area (Å²) in [6, 6.07) is 15.8. The second kappa shape index (κ2) is 17.9. The van der Waals surface area contributed by atoms with Crippen LogP contribution in [0.3, 0.4) is 0 Å². The lowest BCUT2D eigenvalue weighted by atomic mass is 9.95. The van der Waals surface area contributed by atoms with E-state index in [-0.39, 0.29) is 31.6 Å². The molecular weight excluding hydrogens is 691 g/mol. The van der Waals surface area contributed by atoms with Gasteiger partial charge < -0.3 is 14.2 Å². The summed E-state index contributed by atoms with van der Waals surface area (Å²) < 4.78 is 16.6. The Bertz CT molecular complexity index is 1320. The summed E-state index contributed by atoms with van der Waals surface area (Å²) in [6.07, 6.45) is 4.13. The van der Waals surface area contributed by atoms with Crippen LogP contribution in [0.2, 0.25) is 0 Å². The van der Waals surface area contributed by atoms with Crippen molar-refractivity contribution in [1.29, 1.82) is 0 Å². The molecule has 0 spiro atoms. The van der Waals surface area contributed by atoms with Crippen LogP contribution in [-0.2, 0) is 41.9 Å². The molecule has 45 heavy (non-hydrogen) atoms. The molecule has 11 heteroatoms. The van der Waals surface area contributed by atoms with Gasteiger partial charge in [-0.3, -0.25) is 14.5 Å². The minimum Gasteiger partial charge on any atom is -0.462 e. The van der Waals surface area contributed by atoms with Gasteiger partial charge in [-0.25, -0.2) is 9.59 Å². The van der Waals surface area contributed by atoms with Crippen molar-refractivity contribution in [3.63, 3.8) is 0 Å². The highest BCUT2D eigenvalue weighted by Crippen LogP contribution is 2.27. The number of carbonyl (C=O) groups excluding carboxylic acids is 3. The van der Waals surface area contributed by atoms with Crippen molar-refractivity contribution in [3.05, 3.63) is 93.6 Å². The zero-order valence-corrected chi connectivity index (χ0v) is 29.4. The molecule has 0 radical (unpaired) electrons. The number of hydrogen-bond acceptors (Lipinski definition) is 8. The zero-order valence-electron chi connectivity index (χ0n) is 27.2. The van der Waals surface area contributed by atoms with E-state index in [1.165, 1.54) is 12.0 Å². The lowest BCUT2D eigenvalue weighted by Gasteiger charge is -2.26. The molecule has 0 N–H and O–H groups in total. The second-order valence-corrected chi connectivity index (χ2v) is 13.2. The number of ether oxygens (including phenoxy) is 3. The van der Waals surface area contributed by atoms with Crippen LogP contribution in [0.15, 0.2) is 73.3 Å². The van der Waals surface area contributed by atoms with Crippen LogP contribution >= 0.6 is 22.6 Å². The number of halogens is 1. The average Bonchev–Trinajstić information content (AvgIpc) is 3.13. The average molecular weight is 737 g/mol. The SMILES string of the molecule is C=CC1CN(C(=O)OC(C)(C)C)OCc2ccccc21.CC(=O)OC/C=C\CN(OCc1ccccc1I)C(=O)OC(C)(C)C. The molecule has 0 saturated carbocycles. The molecule has 0 aromatic heterocycles. The monoisotopic (exact) mass is 736 g/mol. The quantitative estimate of drug-likeness (QED) is 0.0893. The normalized spacial score (nSPS) is 14.8. The lowest BCUT2D eigenvalue weighted by Crippen LogP contribution is -2.37. The Hall–Kier alpha value is -3.42. The number of amides is 2. The molecule has 1 heterocycles. The first-order valence-electron chi connectivity index (χ1n) is 14.6. The van der Waals surface area contributed by atoms with Crippen molar-refractivity contribution >= 4 is 40.7 Å². The Morgan fingerprint density at radius 3 is 2.27 bits per heavy atom. The molecule has 1 unspecified atom stereocenters. The minimum absolute atomic E-state index is 0.0428. The lowest BCUT2D eigenvalue weighted by molar-refractivity contribution is -0.153. The molecule has 2 aromatic rings. The topological polar surface area (TPSA) is 104 Å². The highest BCUT2D eigenvalue weighted by atomic mass is 127. The van der Waals surface area contributed by atoms with Crippen LogP contribution < -0.4 is 0 Å². The van der Waals surface area contributed by atoms with E-state index >= 15 is 0 Å². The van der Waals surface area contributed by atoms with Crippen LogP contribution in [0.5, 0.6) is 0 Å². The minimum atomic E-state index is -0.624. The molecule has 3 rings (SSSR count). The number of hydroxylamine groups is 4. The Labute approximate surface area is 280 Å². The summed E-state index contributed by atoms with van der Waals surface area (Å²) in [5.74, 6) is -0.315. The van der Waals surface area contributed by atoms with E-state index in [0.29, 0.717) is 13.2 Å². The van der Waals surface area contributed by atoms with Gasteiger partial charge >= 0.3 is 18.2 Å². The van der Waals surface area contributed by atoms with Crippen LogP contribution in [0.25, 0.3) is 0 Å². The molecule has 0 aliphatic carbocycles. The number of esters is 1. The molecule has 2 amide bonds. The van der Waals surface area contributed by atoms with Crippen LogP contribution in [0.1, 0.15) is 71.1 Å². The fourth-order valence-electron chi connectivity index (χ4n) is 3.81. The first-order valence-corrected chi connectivity index (χ1v) is 15.7. The maximum absolute atomic E-state index is 12.3. The van der Waals surface area contributed by atoms with Gasteiger partial charge in [0.1, 0.15) is 31.0 Å². The molecule has 1 aliphatic rings. The number of nitrogens with zero attached hydrogens (tertiary/aromatic N) is 2. The third kappa shape index (κ3) is 14.5. The van der Waals surface area contributed by atoms with Crippen LogP contribution in [0, 0.1) is 3.57 Å². The van der Waals surface area contributed by atoms with E-state index in [0.717, 1.165) is 25.3 Å². The standard InChI is InChI=1S/C18H24INO5.C16H21NO3/c1-14(21)23-12-8-7-11-20(17(22)25-18(2,3)4)24-13-15-9-5-6-10-16(15)19;1-5-12-10-17(15(18)20-16(2,3)4)19-11-13-8-6-7-9-14(12)13/h5-10H,11-13H2,1-4H3;5-9,12H,1,10-11H2,2-4H3/b8-7-;. The highest BCUT2D eigenvalue weighted by Gasteiger charge is 2.29. The third-order valence-corrected chi connectivity index (χ3v) is 6.88. The summed E-state index contributed by atoms with van der Waals surface area (Å²) in [7, 11) is 0. The molecule has 2 aromatic carbocycles. The number of carbonyl (C=O) groups is 3. The molecule has 0 bridgehead atoms. The Morgan fingerprint density at radius 2 is 1.64 bits per heavy atom. The number of fused-ring (bicyclic) bond motifs is 1. The van der Waals surface area contributed by atoms with E-state index in [1.807, 2.05) is 75.4 Å². The summed E-state index contributed by atoms with van der Waals surface area (Å²) in [5.41, 5.74) is 2.03. The Kier molecular flexibility index (Phi) is 15.0. The summed E-state index contributed by atoms with van der Waals surface area (Å²) in [5, 5.41) is 2.44. The number of hydrogen-bond donors (Lipinski definition) is 0. The largest absolute Gasteiger partial charge is 0.462 e. The first kappa shape index (κ1) is 37.8. The van der Waals surface area contributed by atoms with Crippen molar-refractivity contribution in [2.75, 3.05) is 19.7 Å². The van der Waals surface area contributed by atoms with Gasteiger partial charge in [-0.15, -0.1) is 6.58 Å². The highest BCUT2D eigenvalue weighted by molar-refractivity contribution is 14.1. The van der Waals surface area contributed by atoms with E-state index < -0.39 is 23.4 Å². The van der Waals surface area contributed by atoms with Crippen LogP contribution in [0.4, 0.5) is 9.59 Å². The van der Waals surface area contributed by atoms with Crippen molar-refractivity contribution in [2.45, 2.75) is 78.8 Å². The molecule has 246 valence electrons. The smallest absolute Gasteiger partial charge is 0.434 e. The maximum Gasteiger partial charge on any atom is 0.434 e. The Balaban J connectivity index is 0.000000320. The second-order valence-electron chi connectivity index (χ2n) is 12.0. The third-order valence-electron chi connectivity index (χ3n) is 5.83. The maximum atomic E-state index is 12.3. The van der Waals surface area contributed by atoms with Crippen molar-refractivity contribution in [1.82, 2.24) is 10.1 Å². The summed E-state index contributed by atoms with van der Waals surface area (Å²) >= 11 is 2.22. The molecule has 1 aliphatic heterocycles. The molecule has 0 saturated heterocycles. The van der Waals surface area contributed by atoms with Gasteiger partial charge in [-0.1, -0.05) is 54.6 Å². The fraction of sp³-hybridized carbons (Fsp3) is 0.441. The first-order chi connectivity index (χ1) is 21.1. The molecule has 1 atom stereocenters.